The van der Waals surface area contributed by atoms with Gasteiger partial charge in [0.05, 0.1) is 5.69 Å². The third kappa shape index (κ3) is 2.52. The molecule has 1 aromatic heterocycles. The Balaban J connectivity index is 1.94. The molecule has 0 aliphatic carbocycles. The maximum atomic E-state index is 12.6. The van der Waals surface area contributed by atoms with E-state index >= 15 is 0 Å². The van der Waals surface area contributed by atoms with E-state index in [1.807, 2.05) is 31.2 Å². The summed E-state index contributed by atoms with van der Waals surface area (Å²) in [5, 5.41) is 7.01. The van der Waals surface area contributed by atoms with Gasteiger partial charge in [0.15, 0.2) is 0 Å². The highest BCUT2D eigenvalue weighted by Gasteiger charge is 2.25. The minimum Gasteiger partial charge on any atom is -0.324 e. The Morgan fingerprint density at radius 2 is 2.05 bits per heavy atom. The predicted molar refractivity (Wildman–Crippen MR) is 77.8 cm³/mol. The molecule has 0 saturated carbocycles. The van der Waals surface area contributed by atoms with Gasteiger partial charge >= 0.3 is 0 Å². The number of rotatable bonds is 1. The van der Waals surface area contributed by atoms with Crippen molar-refractivity contribution < 1.29 is 9.59 Å². The van der Waals surface area contributed by atoms with Crippen LogP contribution in [0.25, 0.3) is 0 Å². The Morgan fingerprint density at radius 1 is 1.29 bits per heavy atom. The second-order valence-corrected chi connectivity index (χ2v) is 5.16. The normalized spacial score (nSPS) is 14.4. The van der Waals surface area contributed by atoms with E-state index in [-0.39, 0.29) is 18.4 Å². The van der Waals surface area contributed by atoms with Crippen LogP contribution < -0.4 is 5.32 Å². The molecule has 0 spiro atoms. The Kier molecular flexibility index (Phi) is 3.21. The van der Waals surface area contributed by atoms with E-state index < -0.39 is 0 Å². The molecule has 2 aromatic rings. The van der Waals surface area contributed by atoms with Crippen molar-refractivity contribution >= 4 is 17.5 Å². The molecule has 0 unspecified atom stereocenters. The summed E-state index contributed by atoms with van der Waals surface area (Å²) < 4.78 is 1.55. The number of nitrogens with one attached hydrogen (secondary N) is 1. The fourth-order valence-electron chi connectivity index (χ4n) is 2.52. The van der Waals surface area contributed by atoms with Gasteiger partial charge in [0, 0.05) is 19.3 Å². The highest BCUT2D eigenvalue weighted by atomic mass is 16.2. The van der Waals surface area contributed by atoms with Crippen molar-refractivity contribution in [2.24, 2.45) is 7.05 Å². The minimum absolute atomic E-state index is 0.0394. The lowest BCUT2D eigenvalue weighted by Gasteiger charge is -2.19. The lowest BCUT2D eigenvalue weighted by molar-refractivity contribution is -0.116. The maximum absolute atomic E-state index is 12.6. The van der Waals surface area contributed by atoms with Crippen LogP contribution in [0.1, 0.15) is 21.7 Å². The van der Waals surface area contributed by atoms with Crippen molar-refractivity contribution in [3.63, 3.8) is 0 Å². The number of aryl methyl sites for hydroxylation is 2. The molecular formula is C15H16N4O2. The van der Waals surface area contributed by atoms with Gasteiger partial charge in [-0.15, -0.1) is 0 Å². The van der Waals surface area contributed by atoms with Crippen LogP contribution in [0.5, 0.6) is 0 Å². The molecule has 2 heterocycles. The molecule has 3 rings (SSSR count). The molecule has 6 heteroatoms. The van der Waals surface area contributed by atoms with Crippen molar-refractivity contribution in [3.05, 3.63) is 47.3 Å². The number of benzene rings is 1. The van der Waals surface area contributed by atoms with Gasteiger partial charge in [-0.3, -0.25) is 14.3 Å². The molecule has 1 aliphatic heterocycles. The third-order valence-corrected chi connectivity index (χ3v) is 3.50. The molecule has 0 radical (unpaired) electrons. The standard InChI is InChI=1S/C15H16N4O2/c1-10-7-13(18(2)17-10)15(21)19-8-11-5-3-4-6-12(11)16-14(20)9-19/h3-7H,8-9H2,1-2H3,(H,16,20). The molecule has 0 fully saturated rings. The highest BCUT2D eigenvalue weighted by Crippen LogP contribution is 2.21. The van der Waals surface area contributed by atoms with E-state index in [1.165, 1.54) is 4.90 Å². The molecule has 0 atom stereocenters. The second-order valence-electron chi connectivity index (χ2n) is 5.16. The first kappa shape index (κ1) is 13.4. The van der Waals surface area contributed by atoms with E-state index in [4.69, 9.17) is 0 Å². The average molecular weight is 284 g/mol. The highest BCUT2D eigenvalue weighted by molar-refractivity contribution is 6.00. The Morgan fingerprint density at radius 3 is 2.76 bits per heavy atom. The fourth-order valence-corrected chi connectivity index (χ4v) is 2.52. The molecule has 21 heavy (non-hydrogen) atoms. The number of nitrogens with zero attached hydrogens (tertiary/aromatic N) is 3. The molecule has 108 valence electrons. The first-order valence-electron chi connectivity index (χ1n) is 6.72. The summed E-state index contributed by atoms with van der Waals surface area (Å²) in [6, 6.07) is 9.25. The maximum Gasteiger partial charge on any atom is 0.272 e. The summed E-state index contributed by atoms with van der Waals surface area (Å²) in [7, 11) is 1.73. The molecule has 2 amide bonds. The van der Waals surface area contributed by atoms with Gasteiger partial charge in [-0.05, 0) is 24.6 Å². The van der Waals surface area contributed by atoms with Crippen LogP contribution in [-0.4, -0.2) is 33.0 Å². The number of anilines is 1. The van der Waals surface area contributed by atoms with Gasteiger partial charge in [-0.2, -0.15) is 5.10 Å². The van der Waals surface area contributed by atoms with E-state index in [0.717, 1.165) is 16.9 Å². The number of carbonyl (C=O) groups is 2. The summed E-state index contributed by atoms with van der Waals surface area (Å²) in [6.07, 6.45) is 0. The average Bonchev–Trinajstić information content (AvgIpc) is 2.68. The first-order chi connectivity index (χ1) is 10.0. The lowest BCUT2D eigenvalue weighted by Crippen LogP contribution is -2.36. The van der Waals surface area contributed by atoms with E-state index in [0.29, 0.717) is 12.2 Å². The molecule has 1 N–H and O–H groups in total. The van der Waals surface area contributed by atoms with Crippen LogP contribution in [0.4, 0.5) is 5.69 Å². The minimum atomic E-state index is -0.190. The number of carbonyl (C=O) groups excluding carboxylic acids is 2. The molecule has 0 bridgehead atoms. The molecule has 6 nitrogen and oxygen atoms in total. The monoisotopic (exact) mass is 284 g/mol. The van der Waals surface area contributed by atoms with Gasteiger partial charge in [0.25, 0.3) is 5.91 Å². The van der Waals surface area contributed by atoms with Crippen LogP contribution in [0.2, 0.25) is 0 Å². The largest absolute Gasteiger partial charge is 0.324 e. The molecule has 1 aliphatic rings. The molecular weight excluding hydrogens is 268 g/mol. The van der Waals surface area contributed by atoms with Gasteiger partial charge < -0.3 is 10.2 Å². The van der Waals surface area contributed by atoms with E-state index in [2.05, 4.69) is 10.4 Å². The summed E-state index contributed by atoms with van der Waals surface area (Å²) in [5.74, 6) is -0.378. The van der Waals surface area contributed by atoms with Crippen LogP contribution in [0.3, 0.4) is 0 Å². The predicted octanol–water partition coefficient (Wildman–Crippen LogP) is 1.32. The number of amides is 2. The topological polar surface area (TPSA) is 67.2 Å². The van der Waals surface area contributed by atoms with Crippen LogP contribution >= 0.6 is 0 Å². The van der Waals surface area contributed by atoms with Crippen molar-refractivity contribution in [2.75, 3.05) is 11.9 Å². The Bertz CT molecular complexity index is 720. The quantitative estimate of drug-likeness (QED) is 0.859. The zero-order valence-corrected chi connectivity index (χ0v) is 12.0. The van der Waals surface area contributed by atoms with Gasteiger partial charge in [-0.1, -0.05) is 18.2 Å². The number of aromatic nitrogens is 2. The van der Waals surface area contributed by atoms with Crippen LogP contribution in [0, 0.1) is 6.92 Å². The third-order valence-electron chi connectivity index (χ3n) is 3.50. The van der Waals surface area contributed by atoms with Gasteiger partial charge in [0.1, 0.15) is 12.2 Å². The number of hydrogen-bond acceptors (Lipinski definition) is 3. The second kappa shape index (κ2) is 5.05. The van der Waals surface area contributed by atoms with Gasteiger partial charge in [-0.25, -0.2) is 0 Å². The van der Waals surface area contributed by atoms with Crippen LogP contribution in [-0.2, 0) is 18.4 Å². The zero-order chi connectivity index (χ0) is 15.0. The molecule has 1 aromatic carbocycles. The van der Waals surface area contributed by atoms with Crippen molar-refractivity contribution in [2.45, 2.75) is 13.5 Å². The smallest absolute Gasteiger partial charge is 0.272 e. The van der Waals surface area contributed by atoms with Crippen LogP contribution in [0.15, 0.2) is 30.3 Å². The van der Waals surface area contributed by atoms with Gasteiger partial charge in [0.2, 0.25) is 5.91 Å². The number of fused-ring (bicyclic) bond motifs is 1. The summed E-state index contributed by atoms with van der Waals surface area (Å²) in [4.78, 5) is 26.1. The Hall–Kier alpha value is -2.63. The first-order valence-corrected chi connectivity index (χ1v) is 6.72. The SMILES string of the molecule is Cc1cc(C(=O)N2CC(=O)Nc3ccccc3C2)n(C)n1. The van der Waals surface area contributed by atoms with Crippen molar-refractivity contribution in [1.82, 2.24) is 14.7 Å². The zero-order valence-electron chi connectivity index (χ0n) is 12.0. The Labute approximate surface area is 122 Å². The lowest BCUT2D eigenvalue weighted by atomic mass is 10.1. The van der Waals surface area contributed by atoms with Crippen molar-refractivity contribution in [1.29, 1.82) is 0 Å². The number of para-hydroxylation sites is 1. The number of hydrogen-bond donors (Lipinski definition) is 1. The molecule has 0 saturated heterocycles. The van der Waals surface area contributed by atoms with Crippen molar-refractivity contribution in [3.8, 4) is 0 Å². The summed E-state index contributed by atoms with van der Waals surface area (Å²) >= 11 is 0. The summed E-state index contributed by atoms with van der Waals surface area (Å²) in [5.41, 5.74) is 2.95. The summed E-state index contributed by atoms with van der Waals surface area (Å²) in [6.45, 7) is 2.27. The van der Waals surface area contributed by atoms with E-state index in [9.17, 15) is 9.59 Å². The van der Waals surface area contributed by atoms with E-state index in [1.54, 1.807) is 17.8 Å². The fraction of sp³-hybridized carbons (Fsp3) is 0.267.